The number of rotatable bonds is 5. The summed E-state index contributed by atoms with van der Waals surface area (Å²) in [6.45, 7) is 1.52. The van der Waals surface area contributed by atoms with E-state index >= 15 is 0 Å². The SMILES string of the molecule is CC(=O)c1ccc(NC(=O)CNc2c(Cl)cccc2Cl)cc1. The van der Waals surface area contributed by atoms with Crippen molar-refractivity contribution in [2.45, 2.75) is 6.92 Å². The topological polar surface area (TPSA) is 58.2 Å². The Morgan fingerprint density at radius 1 is 1.00 bits per heavy atom. The molecule has 4 nitrogen and oxygen atoms in total. The summed E-state index contributed by atoms with van der Waals surface area (Å²) >= 11 is 12.0. The number of carbonyl (C=O) groups excluding carboxylic acids is 2. The number of para-hydroxylation sites is 1. The molecule has 0 heterocycles. The zero-order valence-electron chi connectivity index (χ0n) is 11.8. The van der Waals surface area contributed by atoms with Gasteiger partial charge in [0.25, 0.3) is 0 Å². The fourth-order valence-corrected chi connectivity index (χ4v) is 2.36. The third-order valence-corrected chi connectivity index (χ3v) is 3.59. The second kappa shape index (κ2) is 7.29. The molecule has 2 aromatic carbocycles. The Balaban J connectivity index is 1.94. The maximum Gasteiger partial charge on any atom is 0.243 e. The van der Waals surface area contributed by atoms with Crippen LogP contribution < -0.4 is 10.6 Å². The standard InChI is InChI=1S/C16H14Cl2N2O2/c1-10(21)11-5-7-12(8-6-11)20-15(22)9-19-16-13(17)3-2-4-14(16)18/h2-8,19H,9H2,1H3,(H,20,22). The van der Waals surface area contributed by atoms with Crippen LogP contribution >= 0.6 is 23.2 Å². The van der Waals surface area contributed by atoms with Crippen LogP contribution in [-0.2, 0) is 4.79 Å². The van der Waals surface area contributed by atoms with Crippen LogP contribution in [0.2, 0.25) is 10.0 Å². The number of halogens is 2. The first-order valence-corrected chi connectivity index (χ1v) is 7.31. The van der Waals surface area contributed by atoms with E-state index in [9.17, 15) is 9.59 Å². The van der Waals surface area contributed by atoms with Gasteiger partial charge in [0.05, 0.1) is 22.3 Å². The lowest BCUT2D eigenvalue weighted by Crippen LogP contribution is -2.22. The Bertz CT molecular complexity index is 680. The van der Waals surface area contributed by atoms with Crippen LogP contribution in [0.15, 0.2) is 42.5 Å². The summed E-state index contributed by atoms with van der Waals surface area (Å²) in [7, 11) is 0. The lowest BCUT2D eigenvalue weighted by atomic mass is 10.1. The van der Waals surface area contributed by atoms with Crippen LogP contribution in [0.25, 0.3) is 0 Å². The number of hydrogen-bond acceptors (Lipinski definition) is 3. The Morgan fingerprint density at radius 3 is 2.14 bits per heavy atom. The minimum atomic E-state index is -0.244. The van der Waals surface area contributed by atoms with E-state index in [1.165, 1.54) is 6.92 Å². The molecule has 0 atom stereocenters. The molecule has 0 aliphatic carbocycles. The van der Waals surface area contributed by atoms with Crippen molar-refractivity contribution in [3.8, 4) is 0 Å². The summed E-state index contributed by atoms with van der Waals surface area (Å²) < 4.78 is 0. The lowest BCUT2D eigenvalue weighted by molar-refractivity contribution is -0.114. The minimum Gasteiger partial charge on any atom is -0.374 e. The molecule has 6 heteroatoms. The summed E-state index contributed by atoms with van der Waals surface area (Å²) in [6, 6.07) is 11.8. The normalized spacial score (nSPS) is 10.1. The van der Waals surface area contributed by atoms with Crippen LogP contribution in [0.1, 0.15) is 17.3 Å². The molecule has 0 aliphatic heterocycles. The Labute approximate surface area is 138 Å². The van der Waals surface area contributed by atoms with Crippen molar-refractivity contribution in [2.24, 2.45) is 0 Å². The van der Waals surface area contributed by atoms with E-state index in [-0.39, 0.29) is 18.2 Å². The summed E-state index contributed by atoms with van der Waals surface area (Å²) in [5.41, 5.74) is 1.73. The molecule has 22 heavy (non-hydrogen) atoms. The molecular weight excluding hydrogens is 323 g/mol. The van der Waals surface area contributed by atoms with E-state index in [4.69, 9.17) is 23.2 Å². The zero-order valence-corrected chi connectivity index (χ0v) is 13.3. The van der Waals surface area contributed by atoms with Crippen molar-refractivity contribution in [3.05, 3.63) is 58.1 Å². The predicted molar refractivity (Wildman–Crippen MR) is 90.0 cm³/mol. The summed E-state index contributed by atoms with van der Waals surface area (Å²) in [4.78, 5) is 23.1. The van der Waals surface area contributed by atoms with E-state index in [0.717, 1.165) is 0 Å². The van der Waals surface area contributed by atoms with Crippen molar-refractivity contribution in [2.75, 3.05) is 17.2 Å². The Morgan fingerprint density at radius 2 is 1.59 bits per heavy atom. The number of nitrogens with one attached hydrogen (secondary N) is 2. The van der Waals surface area contributed by atoms with Gasteiger partial charge in [-0.1, -0.05) is 29.3 Å². The predicted octanol–water partition coefficient (Wildman–Crippen LogP) is 4.25. The van der Waals surface area contributed by atoms with Crippen molar-refractivity contribution in [3.63, 3.8) is 0 Å². The van der Waals surface area contributed by atoms with E-state index < -0.39 is 0 Å². The van der Waals surface area contributed by atoms with Gasteiger partial charge in [0.15, 0.2) is 5.78 Å². The molecule has 114 valence electrons. The van der Waals surface area contributed by atoms with Crippen molar-refractivity contribution < 1.29 is 9.59 Å². The molecule has 2 rings (SSSR count). The molecule has 1 amide bonds. The molecule has 0 fully saturated rings. The van der Waals surface area contributed by atoms with Crippen molar-refractivity contribution >= 4 is 46.3 Å². The van der Waals surface area contributed by atoms with Gasteiger partial charge >= 0.3 is 0 Å². The average molecular weight is 337 g/mol. The first-order chi connectivity index (χ1) is 10.5. The number of Topliss-reactive ketones (excluding diaryl/α,β-unsaturated/α-hetero) is 1. The van der Waals surface area contributed by atoms with Crippen LogP contribution in [0, 0.1) is 0 Å². The highest BCUT2D eigenvalue weighted by molar-refractivity contribution is 6.39. The first kappa shape index (κ1) is 16.3. The van der Waals surface area contributed by atoms with Gasteiger partial charge < -0.3 is 10.6 Å². The van der Waals surface area contributed by atoms with Crippen molar-refractivity contribution in [1.29, 1.82) is 0 Å². The van der Waals surface area contributed by atoms with Gasteiger partial charge in [0, 0.05) is 11.3 Å². The number of carbonyl (C=O) groups is 2. The number of amides is 1. The zero-order chi connectivity index (χ0) is 16.1. The maximum atomic E-state index is 11.9. The fourth-order valence-electron chi connectivity index (χ4n) is 1.83. The molecular formula is C16H14Cl2N2O2. The maximum absolute atomic E-state index is 11.9. The minimum absolute atomic E-state index is 0.0205. The Kier molecular flexibility index (Phi) is 5.41. The molecule has 0 saturated heterocycles. The first-order valence-electron chi connectivity index (χ1n) is 6.56. The highest BCUT2D eigenvalue weighted by Crippen LogP contribution is 2.29. The summed E-state index contributed by atoms with van der Waals surface area (Å²) in [5, 5.41) is 6.52. The third-order valence-electron chi connectivity index (χ3n) is 2.96. The van der Waals surface area contributed by atoms with Gasteiger partial charge in [-0.25, -0.2) is 0 Å². The largest absolute Gasteiger partial charge is 0.374 e. The third kappa shape index (κ3) is 4.23. The van der Waals surface area contributed by atoms with Crippen LogP contribution in [0.5, 0.6) is 0 Å². The number of hydrogen-bond donors (Lipinski definition) is 2. The van der Waals surface area contributed by atoms with Gasteiger partial charge in [-0.3, -0.25) is 9.59 Å². The molecule has 0 aliphatic rings. The van der Waals surface area contributed by atoms with Crippen LogP contribution in [0.3, 0.4) is 0 Å². The summed E-state index contributed by atoms with van der Waals surface area (Å²) in [5.74, 6) is -0.264. The number of benzene rings is 2. The monoisotopic (exact) mass is 336 g/mol. The molecule has 2 N–H and O–H groups in total. The second-order valence-electron chi connectivity index (χ2n) is 4.63. The average Bonchev–Trinajstić information content (AvgIpc) is 2.47. The van der Waals surface area contributed by atoms with Crippen LogP contribution in [-0.4, -0.2) is 18.2 Å². The number of anilines is 2. The quantitative estimate of drug-likeness (QED) is 0.802. The summed E-state index contributed by atoms with van der Waals surface area (Å²) in [6.07, 6.45) is 0. The van der Waals surface area contributed by atoms with E-state index in [1.807, 2.05) is 0 Å². The van der Waals surface area contributed by atoms with Gasteiger partial charge in [-0.2, -0.15) is 0 Å². The molecule has 0 aromatic heterocycles. The highest BCUT2D eigenvalue weighted by Gasteiger charge is 2.08. The molecule has 0 radical (unpaired) electrons. The van der Waals surface area contributed by atoms with E-state index in [1.54, 1.807) is 42.5 Å². The second-order valence-corrected chi connectivity index (χ2v) is 5.45. The van der Waals surface area contributed by atoms with Gasteiger partial charge in [-0.15, -0.1) is 0 Å². The smallest absolute Gasteiger partial charge is 0.243 e. The molecule has 0 spiro atoms. The van der Waals surface area contributed by atoms with Gasteiger partial charge in [-0.05, 0) is 43.3 Å². The molecule has 0 saturated carbocycles. The van der Waals surface area contributed by atoms with Gasteiger partial charge in [0.1, 0.15) is 0 Å². The molecule has 0 unspecified atom stereocenters. The highest BCUT2D eigenvalue weighted by atomic mass is 35.5. The van der Waals surface area contributed by atoms with Gasteiger partial charge in [0.2, 0.25) is 5.91 Å². The molecule has 0 bridgehead atoms. The molecule has 2 aromatic rings. The fraction of sp³-hybridized carbons (Fsp3) is 0.125. The Hall–Kier alpha value is -2.04. The lowest BCUT2D eigenvalue weighted by Gasteiger charge is -2.10. The van der Waals surface area contributed by atoms with Crippen molar-refractivity contribution in [1.82, 2.24) is 0 Å². The van der Waals surface area contributed by atoms with Crippen LogP contribution in [0.4, 0.5) is 11.4 Å². The van der Waals surface area contributed by atoms with E-state index in [2.05, 4.69) is 10.6 Å². The van der Waals surface area contributed by atoms with E-state index in [0.29, 0.717) is 27.0 Å². The number of ketones is 1.